The van der Waals surface area contributed by atoms with Crippen LogP contribution >= 0.6 is 34.4 Å². The van der Waals surface area contributed by atoms with Gasteiger partial charge in [-0.25, -0.2) is 4.98 Å². The van der Waals surface area contributed by atoms with Gasteiger partial charge in [-0.2, -0.15) is 0 Å². The average molecular weight is 452 g/mol. The van der Waals surface area contributed by atoms with Crippen molar-refractivity contribution < 1.29 is 19.1 Å². The van der Waals surface area contributed by atoms with E-state index in [1.165, 1.54) is 48.7 Å². The molecule has 0 bridgehead atoms. The Hall–Kier alpha value is -2.70. The molecule has 0 saturated heterocycles. The van der Waals surface area contributed by atoms with E-state index in [0.29, 0.717) is 31.7 Å². The van der Waals surface area contributed by atoms with E-state index in [0.717, 1.165) is 5.69 Å². The number of hydrogen-bond donors (Lipinski definition) is 2. The molecule has 0 spiro atoms. The lowest BCUT2D eigenvalue weighted by molar-refractivity contribution is -0.113. The van der Waals surface area contributed by atoms with Crippen LogP contribution in [0.5, 0.6) is 11.5 Å². The predicted octanol–water partition coefficient (Wildman–Crippen LogP) is 3.30. The number of aromatic nitrogens is 3. The van der Waals surface area contributed by atoms with Gasteiger partial charge in [-0.3, -0.25) is 14.9 Å². The smallest absolute Gasteiger partial charge is 0.261 e. The van der Waals surface area contributed by atoms with Crippen molar-refractivity contribution in [1.82, 2.24) is 15.2 Å². The number of nitrogens with zero attached hydrogens (tertiary/aromatic N) is 3. The number of thioether (sulfide) groups is 1. The highest BCUT2D eigenvalue weighted by Crippen LogP contribution is 2.28. The van der Waals surface area contributed by atoms with Gasteiger partial charge in [0.1, 0.15) is 11.5 Å². The molecule has 1 aromatic carbocycles. The van der Waals surface area contributed by atoms with Crippen molar-refractivity contribution in [2.45, 2.75) is 11.3 Å². The molecule has 3 aromatic rings. The zero-order chi connectivity index (χ0) is 20.8. The molecule has 2 aromatic heterocycles. The summed E-state index contributed by atoms with van der Waals surface area (Å²) in [5, 5.41) is 16.1. The SMILES string of the molecule is COc1ccc(C(=O)Nc2nnc(SCC(=O)Nc3nc(C)cs3)s2)c(OC)c1. The van der Waals surface area contributed by atoms with Gasteiger partial charge in [-0.15, -0.1) is 21.5 Å². The molecule has 0 unspecified atom stereocenters. The lowest BCUT2D eigenvalue weighted by Gasteiger charge is -2.09. The van der Waals surface area contributed by atoms with E-state index in [2.05, 4.69) is 25.8 Å². The molecule has 0 aliphatic rings. The molecule has 0 atom stereocenters. The van der Waals surface area contributed by atoms with E-state index < -0.39 is 0 Å². The second-order valence-corrected chi connectivity index (χ2v) is 8.58. The van der Waals surface area contributed by atoms with Crippen molar-refractivity contribution in [3.63, 3.8) is 0 Å². The van der Waals surface area contributed by atoms with Crippen molar-refractivity contribution >= 4 is 56.5 Å². The molecule has 3 rings (SSSR count). The lowest BCUT2D eigenvalue weighted by Crippen LogP contribution is -2.13. The van der Waals surface area contributed by atoms with Crippen LogP contribution in [0.3, 0.4) is 0 Å². The van der Waals surface area contributed by atoms with Crippen LogP contribution < -0.4 is 20.1 Å². The Bertz CT molecular complexity index is 1020. The summed E-state index contributed by atoms with van der Waals surface area (Å²) in [6.07, 6.45) is 0. The number of methoxy groups -OCH3 is 2. The summed E-state index contributed by atoms with van der Waals surface area (Å²) in [5.74, 6) is 0.560. The van der Waals surface area contributed by atoms with Crippen molar-refractivity contribution in [3.8, 4) is 11.5 Å². The third-order valence-corrected chi connectivity index (χ3v) is 6.32. The molecular formula is C17H17N5O4S3. The number of hydrogen-bond acceptors (Lipinski definition) is 10. The Labute approximate surface area is 178 Å². The molecule has 0 fully saturated rings. The average Bonchev–Trinajstić information content (AvgIpc) is 3.34. The van der Waals surface area contributed by atoms with Gasteiger partial charge >= 0.3 is 0 Å². The second kappa shape index (κ2) is 9.67. The van der Waals surface area contributed by atoms with E-state index in [4.69, 9.17) is 9.47 Å². The first-order valence-corrected chi connectivity index (χ1v) is 10.9. The largest absolute Gasteiger partial charge is 0.497 e. The summed E-state index contributed by atoms with van der Waals surface area (Å²) in [6, 6.07) is 4.90. The number of thiazole rings is 1. The van der Waals surface area contributed by atoms with E-state index in [-0.39, 0.29) is 17.6 Å². The Morgan fingerprint density at radius 2 is 1.97 bits per heavy atom. The Morgan fingerprint density at radius 3 is 2.66 bits per heavy atom. The maximum absolute atomic E-state index is 12.5. The molecule has 2 amide bonds. The quantitative estimate of drug-likeness (QED) is 0.396. The van der Waals surface area contributed by atoms with Crippen molar-refractivity contribution in [2.75, 3.05) is 30.6 Å². The summed E-state index contributed by atoms with van der Waals surface area (Å²) in [7, 11) is 3.01. The summed E-state index contributed by atoms with van der Waals surface area (Å²) < 4.78 is 10.9. The maximum Gasteiger partial charge on any atom is 0.261 e. The maximum atomic E-state index is 12.5. The van der Waals surface area contributed by atoms with E-state index >= 15 is 0 Å². The zero-order valence-corrected chi connectivity index (χ0v) is 18.2. The van der Waals surface area contributed by atoms with Crippen molar-refractivity contribution in [2.24, 2.45) is 0 Å². The summed E-state index contributed by atoms with van der Waals surface area (Å²) in [5.41, 5.74) is 1.20. The third-order valence-electron chi connectivity index (χ3n) is 3.47. The molecule has 0 radical (unpaired) electrons. The number of ether oxygens (including phenoxy) is 2. The van der Waals surface area contributed by atoms with E-state index in [1.54, 1.807) is 18.2 Å². The number of carbonyl (C=O) groups excluding carboxylic acids is 2. The minimum absolute atomic E-state index is 0.160. The van der Waals surface area contributed by atoms with Crippen LogP contribution in [0.25, 0.3) is 0 Å². The van der Waals surface area contributed by atoms with Crippen LogP contribution in [0.4, 0.5) is 10.3 Å². The fourth-order valence-corrected chi connectivity index (χ4v) is 4.41. The van der Waals surface area contributed by atoms with Gasteiger partial charge in [0, 0.05) is 11.4 Å². The summed E-state index contributed by atoms with van der Waals surface area (Å²) in [6.45, 7) is 1.86. The summed E-state index contributed by atoms with van der Waals surface area (Å²) in [4.78, 5) is 28.7. The number of carbonyl (C=O) groups is 2. The Balaban J connectivity index is 1.56. The fourth-order valence-electron chi connectivity index (χ4n) is 2.16. The molecule has 0 aliphatic carbocycles. The molecule has 12 heteroatoms. The monoisotopic (exact) mass is 451 g/mol. The standard InChI is InChI=1S/C17H17N5O4S3/c1-9-7-27-15(18-9)19-13(23)8-28-17-22-21-16(29-17)20-14(24)11-5-4-10(25-2)6-12(11)26-3/h4-7H,8H2,1-3H3,(H,18,19,23)(H,20,21,24). The highest BCUT2D eigenvalue weighted by Gasteiger charge is 2.16. The molecular weight excluding hydrogens is 434 g/mol. The van der Waals surface area contributed by atoms with Gasteiger partial charge in [0.15, 0.2) is 9.47 Å². The molecule has 2 heterocycles. The van der Waals surface area contributed by atoms with Gasteiger partial charge in [0.2, 0.25) is 11.0 Å². The minimum atomic E-state index is -0.380. The topological polar surface area (TPSA) is 115 Å². The highest BCUT2D eigenvalue weighted by molar-refractivity contribution is 8.01. The Kier molecular flexibility index (Phi) is 7.01. The molecule has 0 saturated carbocycles. The first kappa shape index (κ1) is 21.0. The van der Waals surface area contributed by atoms with Gasteiger partial charge in [-0.05, 0) is 19.1 Å². The van der Waals surface area contributed by atoms with Crippen LogP contribution in [0.1, 0.15) is 16.1 Å². The first-order valence-electron chi connectivity index (χ1n) is 8.20. The number of aryl methyl sites for hydroxylation is 1. The fraction of sp³-hybridized carbons (Fsp3) is 0.235. The normalized spacial score (nSPS) is 10.4. The van der Waals surface area contributed by atoms with Crippen LogP contribution in [0.2, 0.25) is 0 Å². The lowest BCUT2D eigenvalue weighted by atomic mass is 10.2. The van der Waals surface area contributed by atoms with E-state index in [1.807, 2.05) is 12.3 Å². The molecule has 0 aliphatic heterocycles. The third kappa shape index (κ3) is 5.65. The number of anilines is 2. The molecule has 152 valence electrons. The number of benzene rings is 1. The van der Waals surface area contributed by atoms with Crippen LogP contribution in [-0.4, -0.2) is 47.0 Å². The molecule has 2 N–H and O–H groups in total. The number of rotatable bonds is 8. The van der Waals surface area contributed by atoms with Gasteiger partial charge in [0.25, 0.3) is 5.91 Å². The van der Waals surface area contributed by atoms with Crippen LogP contribution in [0, 0.1) is 6.92 Å². The first-order chi connectivity index (χ1) is 14.0. The number of amides is 2. The zero-order valence-electron chi connectivity index (χ0n) is 15.7. The van der Waals surface area contributed by atoms with Crippen molar-refractivity contribution in [3.05, 3.63) is 34.8 Å². The number of nitrogens with one attached hydrogen (secondary N) is 2. The van der Waals surface area contributed by atoms with Crippen molar-refractivity contribution in [1.29, 1.82) is 0 Å². The van der Waals surface area contributed by atoms with Gasteiger partial charge in [-0.1, -0.05) is 23.1 Å². The van der Waals surface area contributed by atoms with Gasteiger partial charge < -0.3 is 14.8 Å². The van der Waals surface area contributed by atoms with Crippen LogP contribution in [0.15, 0.2) is 27.9 Å². The minimum Gasteiger partial charge on any atom is -0.497 e. The molecule has 9 nitrogen and oxygen atoms in total. The summed E-state index contributed by atoms with van der Waals surface area (Å²) >= 11 is 3.78. The Morgan fingerprint density at radius 1 is 1.14 bits per heavy atom. The van der Waals surface area contributed by atoms with Crippen LogP contribution in [-0.2, 0) is 4.79 Å². The second-order valence-electron chi connectivity index (χ2n) is 5.52. The highest BCUT2D eigenvalue weighted by atomic mass is 32.2. The van der Waals surface area contributed by atoms with Gasteiger partial charge in [0.05, 0.1) is 31.2 Å². The van der Waals surface area contributed by atoms with E-state index in [9.17, 15) is 9.59 Å². The predicted molar refractivity (Wildman–Crippen MR) is 114 cm³/mol. The molecule has 29 heavy (non-hydrogen) atoms.